The van der Waals surface area contributed by atoms with Crippen molar-refractivity contribution in [1.82, 2.24) is 5.43 Å². The summed E-state index contributed by atoms with van der Waals surface area (Å²) in [4.78, 5) is 23.9. The SMILES string of the molecule is CC1(C)CC(=O)CC(=NNC(=O)COc2ccc3cc(Br)ccc3c2Br)C1. The number of nitrogens with zero attached hydrogens (tertiary/aromatic N) is 1. The number of hydrogen-bond donors (Lipinski definition) is 1. The van der Waals surface area contributed by atoms with E-state index in [-0.39, 0.29) is 23.7 Å². The Kier molecular flexibility index (Phi) is 6.01. The van der Waals surface area contributed by atoms with Crippen LogP contribution < -0.4 is 10.2 Å². The van der Waals surface area contributed by atoms with Crippen LogP contribution in [0.2, 0.25) is 0 Å². The summed E-state index contributed by atoms with van der Waals surface area (Å²) in [5, 5.41) is 6.18. The first kappa shape index (κ1) is 20.0. The van der Waals surface area contributed by atoms with Crippen LogP contribution in [0.4, 0.5) is 0 Å². The maximum Gasteiger partial charge on any atom is 0.277 e. The first-order chi connectivity index (χ1) is 12.7. The van der Waals surface area contributed by atoms with Crippen molar-refractivity contribution >= 4 is 60.0 Å². The molecular formula is C20H20Br2N2O3. The maximum atomic E-state index is 12.1. The molecule has 0 bridgehead atoms. The standard InChI is InChI=1S/C20H20Br2N2O3/c1-20(2)9-14(8-15(25)10-20)23-24-18(26)11-27-17-6-3-12-7-13(21)4-5-16(12)19(17)22/h3-7H,8-11H2,1-2H3,(H,24,26). The summed E-state index contributed by atoms with van der Waals surface area (Å²) in [6, 6.07) is 9.70. The summed E-state index contributed by atoms with van der Waals surface area (Å²) in [6.45, 7) is 3.90. The lowest BCUT2D eigenvalue weighted by atomic mass is 9.76. The van der Waals surface area contributed by atoms with E-state index in [2.05, 4.69) is 42.4 Å². The number of fused-ring (bicyclic) bond motifs is 1. The van der Waals surface area contributed by atoms with Gasteiger partial charge < -0.3 is 4.74 Å². The van der Waals surface area contributed by atoms with Crippen molar-refractivity contribution in [3.63, 3.8) is 0 Å². The third-order valence-electron chi connectivity index (χ3n) is 4.34. The fraction of sp³-hybridized carbons (Fsp3) is 0.350. The minimum Gasteiger partial charge on any atom is -0.483 e. The summed E-state index contributed by atoms with van der Waals surface area (Å²) in [6.07, 6.45) is 1.55. The van der Waals surface area contributed by atoms with Crippen LogP contribution in [0.25, 0.3) is 10.8 Å². The summed E-state index contributed by atoms with van der Waals surface area (Å²) in [7, 11) is 0. The second-order valence-electron chi connectivity index (χ2n) is 7.48. The second-order valence-corrected chi connectivity index (χ2v) is 9.19. The molecule has 0 atom stereocenters. The van der Waals surface area contributed by atoms with Gasteiger partial charge in [-0.25, -0.2) is 5.43 Å². The van der Waals surface area contributed by atoms with Gasteiger partial charge in [-0.1, -0.05) is 41.9 Å². The number of ketones is 1. The number of rotatable bonds is 4. The lowest BCUT2D eigenvalue weighted by Gasteiger charge is -2.28. The monoisotopic (exact) mass is 494 g/mol. The Bertz CT molecular complexity index is 938. The quantitative estimate of drug-likeness (QED) is 0.607. The van der Waals surface area contributed by atoms with Gasteiger partial charge >= 0.3 is 0 Å². The first-order valence-electron chi connectivity index (χ1n) is 8.60. The topological polar surface area (TPSA) is 67.8 Å². The molecule has 1 N–H and O–H groups in total. The zero-order valence-corrected chi connectivity index (χ0v) is 18.3. The van der Waals surface area contributed by atoms with Gasteiger partial charge in [-0.15, -0.1) is 0 Å². The molecule has 27 heavy (non-hydrogen) atoms. The molecule has 0 radical (unpaired) electrons. The highest BCUT2D eigenvalue weighted by atomic mass is 79.9. The molecule has 142 valence electrons. The summed E-state index contributed by atoms with van der Waals surface area (Å²) in [5.74, 6) is 0.380. The Morgan fingerprint density at radius 1 is 1.22 bits per heavy atom. The Morgan fingerprint density at radius 2 is 2.00 bits per heavy atom. The highest BCUT2D eigenvalue weighted by molar-refractivity contribution is 9.11. The van der Waals surface area contributed by atoms with Gasteiger partial charge in [-0.3, -0.25) is 9.59 Å². The van der Waals surface area contributed by atoms with E-state index in [1.165, 1.54) is 0 Å². The van der Waals surface area contributed by atoms with E-state index in [0.717, 1.165) is 19.7 Å². The van der Waals surface area contributed by atoms with Crippen molar-refractivity contribution in [2.75, 3.05) is 6.61 Å². The van der Waals surface area contributed by atoms with Crippen LogP contribution in [0.3, 0.4) is 0 Å². The van der Waals surface area contributed by atoms with Crippen molar-refractivity contribution < 1.29 is 14.3 Å². The highest BCUT2D eigenvalue weighted by Crippen LogP contribution is 2.34. The normalized spacial score (nSPS) is 17.9. The molecule has 1 aliphatic carbocycles. The van der Waals surface area contributed by atoms with Gasteiger partial charge in [0, 0.05) is 23.0 Å². The average Bonchev–Trinajstić information content (AvgIpc) is 2.57. The lowest BCUT2D eigenvalue weighted by Crippen LogP contribution is -2.32. The Hall–Kier alpha value is -1.73. The number of Topliss-reactive ketones (excluding diaryl/α,β-unsaturated/α-hetero) is 1. The number of halogens is 2. The van der Waals surface area contributed by atoms with E-state index in [1.807, 2.05) is 44.2 Å². The molecule has 1 saturated carbocycles. The second kappa shape index (κ2) is 8.10. The van der Waals surface area contributed by atoms with Gasteiger partial charge in [-0.05, 0) is 56.7 Å². The van der Waals surface area contributed by atoms with Crippen molar-refractivity contribution in [2.24, 2.45) is 10.5 Å². The Labute approximate surface area is 174 Å². The molecule has 0 aliphatic heterocycles. The number of carbonyl (C=O) groups excluding carboxylic acids is 2. The molecule has 2 aromatic rings. The van der Waals surface area contributed by atoms with Crippen LogP contribution >= 0.6 is 31.9 Å². The smallest absolute Gasteiger partial charge is 0.277 e. The van der Waals surface area contributed by atoms with Crippen LogP contribution in [-0.4, -0.2) is 24.0 Å². The molecule has 0 spiro atoms. The van der Waals surface area contributed by atoms with Crippen molar-refractivity contribution in [3.05, 3.63) is 39.3 Å². The lowest BCUT2D eigenvalue weighted by molar-refractivity contribution is -0.123. The first-order valence-corrected chi connectivity index (χ1v) is 10.2. The van der Waals surface area contributed by atoms with Gasteiger partial charge in [0.1, 0.15) is 11.5 Å². The Morgan fingerprint density at radius 3 is 2.74 bits per heavy atom. The largest absolute Gasteiger partial charge is 0.483 e. The molecule has 3 rings (SSSR count). The molecule has 5 nitrogen and oxygen atoms in total. The predicted molar refractivity (Wildman–Crippen MR) is 113 cm³/mol. The molecule has 0 heterocycles. The summed E-state index contributed by atoms with van der Waals surface area (Å²) < 4.78 is 7.43. The molecule has 0 unspecified atom stereocenters. The van der Waals surface area contributed by atoms with Crippen LogP contribution in [0.5, 0.6) is 5.75 Å². The maximum absolute atomic E-state index is 12.1. The van der Waals surface area contributed by atoms with Crippen LogP contribution in [-0.2, 0) is 9.59 Å². The van der Waals surface area contributed by atoms with E-state index in [1.54, 1.807) is 0 Å². The van der Waals surface area contributed by atoms with E-state index >= 15 is 0 Å². The minimum atomic E-state index is -0.360. The zero-order chi connectivity index (χ0) is 19.6. The molecule has 1 amide bonds. The third kappa shape index (κ3) is 5.17. The van der Waals surface area contributed by atoms with E-state index < -0.39 is 0 Å². The predicted octanol–water partition coefficient (Wildman–Crippen LogP) is 5.00. The molecular weight excluding hydrogens is 476 g/mol. The molecule has 0 aromatic heterocycles. The fourth-order valence-electron chi connectivity index (χ4n) is 3.25. The van der Waals surface area contributed by atoms with Gasteiger partial charge in [0.25, 0.3) is 5.91 Å². The number of carbonyl (C=O) groups is 2. The van der Waals surface area contributed by atoms with E-state index in [4.69, 9.17) is 4.74 Å². The number of amides is 1. The molecule has 1 fully saturated rings. The van der Waals surface area contributed by atoms with Crippen LogP contribution in [0.1, 0.15) is 33.1 Å². The number of nitrogens with one attached hydrogen (secondary N) is 1. The molecule has 0 saturated heterocycles. The van der Waals surface area contributed by atoms with Crippen LogP contribution in [0, 0.1) is 5.41 Å². The highest BCUT2D eigenvalue weighted by Gasteiger charge is 2.30. The van der Waals surface area contributed by atoms with Crippen molar-refractivity contribution in [3.8, 4) is 5.75 Å². The fourth-order valence-corrected chi connectivity index (χ4v) is 4.24. The zero-order valence-electron chi connectivity index (χ0n) is 15.1. The minimum absolute atomic E-state index is 0.111. The number of hydrazone groups is 1. The molecule has 1 aliphatic rings. The number of ether oxygens (including phenoxy) is 1. The van der Waals surface area contributed by atoms with Gasteiger partial charge in [0.05, 0.1) is 4.47 Å². The van der Waals surface area contributed by atoms with E-state index in [9.17, 15) is 9.59 Å². The molecule has 2 aromatic carbocycles. The summed E-state index contributed by atoms with van der Waals surface area (Å²) >= 11 is 6.99. The van der Waals surface area contributed by atoms with Gasteiger partial charge in [0.15, 0.2) is 6.61 Å². The number of hydrogen-bond acceptors (Lipinski definition) is 4. The Balaban J connectivity index is 1.62. The molecule has 7 heteroatoms. The van der Waals surface area contributed by atoms with Gasteiger partial charge in [0.2, 0.25) is 0 Å². The van der Waals surface area contributed by atoms with E-state index in [0.29, 0.717) is 30.7 Å². The van der Waals surface area contributed by atoms with Crippen molar-refractivity contribution in [1.29, 1.82) is 0 Å². The van der Waals surface area contributed by atoms with Crippen LogP contribution in [0.15, 0.2) is 44.4 Å². The average molecular weight is 496 g/mol. The summed E-state index contributed by atoms with van der Waals surface area (Å²) in [5.41, 5.74) is 3.09. The van der Waals surface area contributed by atoms with Crippen molar-refractivity contribution in [2.45, 2.75) is 33.1 Å². The number of benzene rings is 2. The third-order valence-corrected chi connectivity index (χ3v) is 5.65. The van der Waals surface area contributed by atoms with Gasteiger partial charge in [-0.2, -0.15) is 5.10 Å².